The second-order valence-electron chi connectivity index (χ2n) is 13.5. The van der Waals surface area contributed by atoms with Crippen molar-refractivity contribution in [1.82, 2.24) is 4.31 Å². The molecule has 0 aliphatic carbocycles. The number of allylic oxidation sites excluding steroid dienone is 1. The highest BCUT2D eigenvalue weighted by molar-refractivity contribution is 7.89. The summed E-state index contributed by atoms with van der Waals surface area (Å²) in [6.07, 6.45) is 0.548. The van der Waals surface area contributed by atoms with Gasteiger partial charge in [-0.3, -0.25) is 4.79 Å². The van der Waals surface area contributed by atoms with E-state index in [0.29, 0.717) is 29.7 Å². The number of ether oxygens (including phenoxy) is 1. The van der Waals surface area contributed by atoms with Gasteiger partial charge in [0.15, 0.2) is 8.32 Å². The van der Waals surface area contributed by atoms with Gasteiger partial charge in [-0.05, 0) is 49.0 Å². The van der Waals surface area contributed by atoms with Crippen LogP contribution in [-0.2, 0) is 24.0 Å². The van der Waals surface area contributed by atoms with Crippen molar-refractivity contribution in [1.29, 1.82) is 0 Å². The molecule has 43 heavy (non-hydrogen) atoms. The van der Waals surface area contributed by atoms with Crippen molar-refractivity contribution >= 4 is 37.6 Å². The van der Waals surface area contributed by atoms with Crippen molar-refractivity contribution in [3.63, 3.8) is 0 Å². The molecule has 1 heterocycles. The van der Waals surface area contributed by atoms with Crippen LogP contribution < -0.4 is 5.19 Å². The molecule has 0 unspecified atom stereocenters. The summed E-state index contributed by atoms with van der Waals surface area (Å²) < 4.78 is 42.1. The Balaban J connectivity index is 2.17. The van der Waals surface area contributed by atoms with Crippen LogP contribution in [-0.4, -0.2) is 61.4 Å². The zero-order valence-corrected chi connectivity index (χ0v) is 30.9. The molecule has 2 aromatic carbocycles. The molecule has 3 rings (SSSR count). The van der Waals surface area contributed by atoms with Gasteiger partial charge in [0.1, 0.15) is 14.1 Å². The van der Waals surface area contributed by atoms with Gasteiger partial charge in [-0.1, -0.05) is 119 Å². The summed E-state index contributed by atoms with van der Waals surface area (Å²) in [5.74, 6) is -0.871. The van der Waals surface area contributed by atoms with Crippen LogP contribution in [0.2, 0.25) is 29.7 Å². The Hall–Kier alpha value is -2.05. The molecule has 1 aliphatic rings. The standard InChI is InChI=1S/C34H53NO5SSi2/c1-24(2)43(25(3)4,26(5)6)40-22-21-31-32(28(8)42(10,11)30-15-13-12-14-16-30)23-35(33(31)34(36)39-9)41(37,38)29-19-17-27(7)18-20-29/h12-20,24-26,31,33H,21-23H2,1-11H3/b32-28-/t31-,33-/m0/s1. The third-order valence-electron chi connectivity index (χ3n) is 9.94. The highest BCUT2D eigenvalue weighted by atomic mass is 32.2. The van der Waals surface area contributed by atoms with Gasteiger partial charge < -0.3 is 9.16 Å². The Labute approximate surface area is 263 Å². The summed E-state index contributed by atoms with van der Waals surface area (Å²) in [4.78, 5) is 13.8. The maximum Gasteiger partial charge on any atom is 0.324 e. The Kier molecular flexibility index (Phi) is 11.5. The van der Waals surface area contributed by atoms with Crippen LogP contribution in [0.15, 0.2) is 70.3 Å². The van der Waals surface area contributed by atoms with Gasteiger partial charge in [-0.2, -0.15) is 4.31 Å². The first-order chi connectivity index (χ1) is 20.0. The van der Waals surface area contributed by atoms with Crippen molar-refractivity contribution in [3.8, 4) is 0 Å². The van der Waals surface area contributed by atoms with Gasteiger partial charge in [0, 0.05) is 19.1 Å². The van der Waals surface area contributed by atoms with E-state index in [4.69, 9.17) is 9.16 Å². The number of rotatable bonds is 12. The van der Waals surface area contributed by atoms with Crippen LogP contribution in [0.5, 0.6) is 0 Å². The first-order valence-corrected chi connectivity index (χ1v) is 22.2. The number of nitrogens with zero attached hydrogens (tertiary/aromatic N) is 1. The summed E-state index contributed by atoms with van der Waals surface area (Å²) in [6.45, 7) is 22.9. The minimum absolute atomic E-state index is 0.164. The topological polar surface area (TPSA) is 72.9 Å². The normalized spacial score (nSPS) is 19.9. The molecular formula is C34H53NO5SSi2. The molecule has 9 heteroatoms. The number of hydrogen-bond donors (Lipinski definition) is 0. The number of hydrogen-bond acceptors (Lipinski definition) is 5. The van der Waals surface area contributed by atoms with Gasteiger partial charge in [0.25, 0.3) is 0 Å². The molecule has 0 N–H and O–H groups in total. The smallest absolute Gasteiger partial charge is 0.324 e. The minimum Gasteiger partial charge on any atom is -0.468 e. The summed E-state index contributed by atoms with van der Waals surface area (Å²) >= 11 is 0. The van der Waals surface area contributed by atoms with Crippen LogP contribution in [0.3, 0.4) is 0 Å². The van der Waals surface area contributed by atoms with E-state index in [-0.39, 0.29) is 17.4 Å². The van der Waals surface area contributed by atoms with E-state index in [0.717, 1.165) is 11.1 Å². The fourth-order valence-corrected chi connectivity index (χ4v) is 16.9. The summed E-state index contributed by atoms with van der Waals surface area (Å²) in [5.41, 5.74) is 3.27. The molecule has 0 saturated carbocycles. The van der Waals surface area contributed by atoms with Crippen molar-refractivity contribution in [2.75, 3.05) is 20.3 Å². The zero-order chi connectivity index (χ0) is 32.3. The molecule has 1 saturated heterocycles. The van der Waals surface area contributed by atoms with E-state index in [1.807, 2.05) is 13.0 Å². The Morgan fingerprint density at radius 2 is 1.47 bits per heavy atom. The van der Waals surface area contributed by atoms with Crippen LogP contribution >= 0.6 is 0 Å². The fraction of sp³-hybridized carbons (Fsp3) is 0.559. The molecule has 1 fully saturated rings. The molecular weight excluding hydrogens is 591 g/mol. The van der Waals surface area contributed by atoms with E-state index >= 15 is 0 Å². The lowest BCUT2D eigenvalue weighted by Crippen LogP contribution is -2.48. The highest BCUT2D eigenvalue weighted by Crippen LogP contribution is 2.44. The second kappa shape index (κ2) is 13.9. The number of sulfonamides is 1. The van der Waals surface area contributed by atoms with Gasteiger partial charge in [0.2, 0.25) is 10.0 Å². The average molecular weight is 644 g/mol. The van der Waals surface area contributed by atoms with Crippen LogP contribution in [0.25, 0.3) is 0 Å². The fourth-order valence-electron chi connectivity index (χ4n) is 7.32. The molecule has 6 nitrogen and oxygen atoms in total. The molecule has 0 amide bonds. The van der Waals surface area contributed by atoms with E-state index < -0.39 is 38.4 Å². The Morgan fingerprint density at radius 3 is 1.95 bits per heavy atom. The van der Waals surface area contributed by atoms with Gasteiger partial charge in [-0.25, -0.2) is 8.42 Å². The van der Waals surface area contributed by atoms with Gasteiger partial charge in [-0.15, -0.1) is 0 Å². The van der Waals surface area contributed by atoms with Crippen molar-refractivity contribution in [3.05, 3.63) is 70.9 Å². The SMILES string of the molecule is COC(=O)[C@@H]1[C@@H](CCO[Si](C(C)C)(C(C)C)C(C)C)/C(=C(/C)[Si](C)(C)c2ccccc2)CN1S(=O)(=O)c1ccc(C)cc1. The van der Waals surface area contributed by atoms with Crippen molar-refractivity contribution in [2.45, 2.75) is 102 Å². The second-order valence-corrected chi connectivity index (χ2v) is 25.5. The Morgan fingerprint density at radius 1 is 0.930 bits per heavy atom. The van der Waals surface area contributed by atoms with Crippen molar-refractivity contribution in [2.24, 2.45) is 5.92 Å². The molecule has 2 aromatic rings. The number of carbonyl (C=O) groups is 1. The average Bonchev–Trinajstić information content (AvgIpc) is 3.34. The lowest BCUT2D eigenvalue weighted by molar-refractivity contribution is -0.145. The number of carbonyl (C=O) groups excluding carboxylic acids is 1. The largest absolute Gasteiger partial charge is 0.468 e. The van der Waals surface area contributed by atoms with E-state index in [1.165, 1.54) is 21.8 Å². The predicted molar refractivity (Wildman–Crippen MR) is 182 cm³/mol. The van der Waals surface area contributed by atoms with Gasteiger partial charge in [0.05, 0.1) is 12.0 Å². The lowest BCUT2D eigenvalue weighted by atomic mass is 9.92. The number of methoxy groups -OCH3 is 1. The predicted octanol–water partition coefficient (Wildman–Crippen LogP) is 7.21. The molecule has 238 valence electrons. The number of esters is 1. The Bertz CT molecular complexity index is 1360. The van der Waals surface area contributed by atoms with Crippen molar-refractivity contribution < 1.29 is 22.4 Å². The zero-order valence-electron chi connectivity index (χ0n) is 28.1. The first-order valence-electron chi connectivity index (χ1n) is 15.6. The quantitative estimate of drug-likeness (QED) is 0.181. The monoisotopic (exact) mass is 643 g/mol. The molecule has 0 spiro atoms. The molecule has 1 aliphatic heterocycles. The molecule has 0 radical (unpaired) electrons. The maximum absolute atomic E-state index is 14.2. The number of benzene rings is 2. The summed E-state index contributed by atoms with van der Waals surface area (Å²) in [5, 5.41) is 2.48. The van der Waals surface area contributed by atoms with Gasteiger partial charge >= 0.3 is 5.97 Å². The summed E-state index contributed by atoms with van der Waals surface area (Å²) in [7, 11) is -6.99. The molecule has 0 bridgehead atoms. The van der Waals surface area contributed by atoms with E-state index in [1.54, 1.807) is 24.3 Å². The van der Waals surface area contributed by atoms with E-state index in [9.17, 15) is 13.2 Å². The number of aryl methyl sites for hydroxylation is 1. The lowest BCUT2D eigenvalue weighted by Gasteiger charge is -2.42. The third-order valence-corrected chi connectivity index (χ3v) is 21.9. The first kappa shape index (κ1) is 35.4. The van der Waals surface area contributed by atoms with E-state index in [2.05, 4.69) is 85.8 Å². The third kappa shape index (κ3) is 6.96. The maximum atomic E-state index is 14.2. The van der Waals surface area contributed by atoms with Crippen LogP contribution in [0, 0.1) is 12.8 Å². The molecule has 0 aromatic heterocycles. The minimum atomic E-state index is -3.98. The summed E-state index contributed by atoms with van der Waals surface area (Å²) in [6, 6.07) is 16.3. The molecule has 2 atom stereocenters. The van der Waals surface area contributed by atoms with Crippen LogP contribution in [0.1, 0.15) is 60.5 Å². The highest BCUT2D eigenvalue weighted by Gasteiger charge is 2.51. The van der Waals surface area contributed by atoms with Crippen LogP contribution in [0.4, 0.5) is 0 Å².